The summed E-state index contributed by atoms with van der Waals surface area (Å²) in [5, 5.41) is 19.4. The highest BCUT2D eigenvalue weighted by Crippen LogP contribution is 2.49. The Bertz CT molecular complexity index is 1310. The average molecular weight is 486 g/mol. The van der Waals surface area contributed by atoms with Crippen molar-refractivity contribution in [3.63, 3.8) is 0 Å². The molecule has 8 heteroatoms. The van der Waals surface area contributed by atoms with Gasteiger partial charge in [0.05, 0.1) is 27.8 Å². The molecule has 1 aliphatic heterocycles. The molecular weight excluding hydrogens is 462 g/mol. The van der Waals surface area contributed by atoms with Crippen molar-refractivity contribution >= 4 is 46.6 Å². The molecule has 1 aromatic heterocycles. The third kappa shape index (κ3) is 4.11. The number of nitriles is 2. The summed E-state index contributed by atoms with van der Waals surface area (Å²) in [7, 11) is 0. The van der Waals surface area contributed by atoms with Crippen molar-refractivity contribution < 1.29 is 4.79 Å². The van der Waals surface area contributed by atoms with Gasteiger partial charge in [0, 0.05) is 9.79 Å². The fourth-order valence-corrected chi connectivity index (χ4v) is 6.14. The van der Waals surface area contributed by atoms with Crippen molar-refractivity contribution in [3.05, 3.63) is 65.2 Å². The van der Waals surface area contributed by atoms with Crippen LogP contribution in [-0.2, 0) is 4.79 Å². The van der Waals surface area contributed by atoms with Gasteiger partial charge in [0.15, 0.2) is 0 Å². The number of hydrogen-bond acceptors (Lipinski definition) is 7. The third-order valence-electron chi connectivity index (χ3n) is 5.58. The minimum Gasteiger partial charge on any atom is -0.383 e. The molecular formula is C26H23N5OS2. The number of rotatable bonds is 5. The number of hydrogen-bond donors (Lipinski definition) is 1. The lowest BCUT2D eigenvalue weighted by Crippen LogP contribution is -2.35. The lowest BCUT2D eigenvalue weighted by atomic mass is 9.94. The van der Waals surface area contributed by atoms with E-state index in [1.165, 1.54) is 11.8 Å². The zero-order chi connectivity index (χ0) is 24.4. The summed E-state index contributed by atoms with van der Waals surface area (Å²) in [6.45, 7) is 5.76. The maximum absolute atomic E-state index is 14.0. The van der Waals surface area contributed by atoms with Gasteiger partial charge in [-0.05, 0) is 42.2 Å². The summed E-state index contributed by atoms with van der Waals surface area (Å²) in [5.41, 5.74) is 8.90. The maximum Gasteiger partial charge on any atom is 0.245 e. The fraction of sp³-hybridized carbons (Fsp3) is 0.231. The Morgan fingerprint density at radius 1 is 1.06 bits per heavy atom. The normalized spacial score (nSPS) is 12.9. The molecule has 1 atom stereocenters. The van der Waals surface area contributed by atoms with Gasteiger partial charge in [-0.1, -0.05) is 68.6 Å². The molecule has 34 heavy (non-hydrogen) atoms. The van der Waals surface area contributed by atoms with Crippen LogP contribution in [0.25, 0.3) is 0 Å². The average Bonchev–Trinajstić information content (AvgIpc) is 2.84. The molecule has 2 heterocycles. The van der Waals surface area contributed by atoms with E-state index in [4.69, 9.17) is 5.73 Å². The van der Waals surface area contributed by atoms with Crippen LogP contribution in [0, 0.1) is 22.7 Å². The van der Waals surface area contributed by atoms with E-state index in [1.54, 1.807) is 16.7 Å². The van der Waals surface area contributed by atoms with E-state index >= 15 is 0 Å². The fourth-order valence-electron chi connectivity index (χ4n) is 4.02. The number of nitrogens with zero attached hydrogens (tertiary/aromatic N) is 4. The molecule has 0 saturated heterocycles. The van der Waals surface area contributed by atoms with Crippen LogP contribution in [0.15, 0.2) is 63.3 Å². The summed E-state index contributed by atoms with van der Waals surface area (Å²) in [6, 6.07) is 20.0. The SMILES string of the molecule is CCC(Sc1nc(N)c(C#N)c(C(C)C)c1C#N)C(=O)N1c2ccccc2Sc2ccccc21. The van der Waals surface area contributed by atoms with Gasteiger partial charge in [-0.2, -0.15) is 10.5 Å². The Labute approximate surface area is 207 Å². The second-order valence-corrected chi connectivity index (χ2v) is 10.3. The molecule has 6 nitrogen and oxygen atoms in total. The quantitative estimate of drug-likeness (QED) is 0.427. The Hall–Kier alpha value is -3.46. The van der Waals surface area contributed by atoms with E-state index < -0.39 is 5.25 Å². The van der Waals surface area contributed by atoms with E-state index in [0.717, 1.165) is 21.2 Å². The van der Waals surface area contributed by atoms with Crippen LogP contribution in [-0.4, -0.2) is 16.1 Å². The van der Waals surface area contributed by atoms with Gasteiger partial charge >= 0.3 is 0 Å². The number of para-hydroxylation sites is 2. The molecule has 2 N–H and O–H groups in total. The number of fused-ring (bicyclic) bond motifs is 2. The number of thioether (sulfide) groups is 1. The van der Waals surface area contributed by atoms with Gasteiger partial charge in [-0.15, -0.1) is 0 Å². The Morgan fingerprint density at radius 2 is 1.62 bits per heavy atom. The van der Waals surface area contributed by atoms with E-state index in [-0.39, 0.29) is 23.2 Å². The highest BCUT2D eigenvalue weighted by atomic mass is 32.2. The summed E-state index contributed by atoms with van der Waals surface area (Å²) in [5.74, 6) is -0.102. The number of nitrogens with two attached hydrogens (primary N) is 1. The zero-order valence-corrected chi connectivity index (χ0v) is 20.7. The first-order chi connectivity index (χ1) is 16.4. The van der Waals surface area contributed by atoms with E-state index in [2.05, 4.69) is 17.1 Å². The molecule has 0 aliphatic carbocycles. The minimum atomic E-state index is -0.504. The van der Waals surface area contributed by atoms with Gasteiger partial charge in [-0.25, -0.2) is 4.98 Å². The molecule has 0 spiro atoms. The number of benzene rings is 2. The first kappa shape index (κ1) is 23.7. The van der Waals surface area contributed by atoms with Crippen LogP contribution in [0.1, 0.15) is 49.8 Å². The molecule has 1 aliphatic rings. The second kappa shape index (κ2) is 9.80. The summed E-state index contributed by atoms with van der Waals surface area (Å²) in [4.78, 5) is 22.2. The first-order valence-electron chi connectivity index (χ1n) is 10.9. The number of aromatic nitrogens is 1. The van der Waals surface area contributed by atoms with Crippen molar-refractivity contribution in [1.29, 1.82) is 10.5 Å². The van der Waals surface area contributed by atoms with E-state index in [9.17, 15) is 15.3 Å². The van der Waals surface area contributed by atoms with Crippen LogP contribution < -0.4 is 10.6 Å². The minimum absolute atomic E-state index is 0.0834. The van der Waals surface area contributed by atoms with Crippen molar-refractivity contribution in [1.82, 2.24) is 4.98 Å². The van der Waals surface area contributed by atoms with E-state index in [0.29, 0.717) is 22.6 Å². The highest BCUT2D eigenvalue weighted by Gasteiger charge is 2.33. The molecule has 1 amide bonds. The van der Waals surface area contributed by atoms with Crippen molar-refractivity contribution in [2.75, 3.05) is 10.6 Å². The van der Waals surface area contributed by atoms with Crippen molar-refractivity contribution in [2.24, 2.45) is 0 Å². The number of anilines is 3. The largest absolute Gasteiger partial charge is 0.383 e. The molecule has 1 unspecified atom stereocenters. The zero-order valence-electron chi connectivity index (χ0n) is 19.1. The number of pyridine rings is 1. The van der Waals surface area contributed by atoms with Crippen molar-refractivity contribution in [3.8, 4) is 12.1 Å². The van der Waals surface area contributed by atoms with Crippen LogP contribution in [0.5, 0.6) is 0 Å². The van der Waals surface area contributed by atoms with Gasteiger partial charge < -0.3 is 5.73 Å². The molecule has 0 saturated carbocycles. The molecule has 0 bridgehead atoms. The Kier molecular flexibility index (Phi) is 6.83. The molecule has 4 rings (SSSR count). The van der Waals surface area contributed by atoms with Gasteiger partial charge in [0.1, 0.15) is 23.0 Å². The highest BCUT2D eigenvalue weighted by molar-refractivity contribution is 8.00. The lowest BCUT2D eigenvalue weighted by molar-refractivity contribution is -0.117. The Balaban J connectivity index is 1.78. The van der Waals surface area contributed by atoms with Crippen LogP contribution in [0.2, 0.25) is 0 Å². The van der Waals surface area contributed by atoms with Gasteiger partial charge in [0.25, 0.3) is 0 Å². The molecule has 3 aromatic rings. The monoisotopic (exact) mass is 485 g/mol. The van der Waals surface area contributed by atoms with E-state index in [1.807, 2.05) is 69.3 Å². The van der Waals surface area contributed by atoms with Crippen LogP contribution >= 0.6 is 23.5 Å². The number of amides is 1. The smallest absolute Gasteiger partial charge is 0.245 e. The third-order valence-corrected chi connectivity index (χ3v) is 8.05. The molecule has 0 fully saturated rings. The van der Waals surface area contributed by atoms with Crippen LogP contribution in [0.3, 0.4) is 0 Å². The molecule has 2 aromatic carbocycles. The topological polar surface area (TPSA) is 107 Å². The van der Waals surface area contributed by atoms with Crippen LogP contribution in [0.4, 0.5) is 17.2 Å². The summed E-state index contributed by atoms with van der Waals surface area (Å²) in [6.07, 6.45) is 0.529. The maximum atomic E-state index is 14.0. The Morgan fingerprint density at radius 3 is 2.12 bits per heavy atom. The first-order valence-corrected chi connectivity index (χ1v) is 12.6. The number of carbonyl (C=O) groups excluding carboxylic acids is 1. The van der Waals surface area contributed by atoms with Crippen molar-refractivity contribution in [2.45, 2.75) is 53.2 Å². The number of nitrogen functional groups attached to an aromatic ring is 1. The van der Waals surface area contributed by atoms with Gasteiger partial charge in [0.2, 0.25) is 5.91 Å². The molecule has 170 valence electrons. The predicted octanol–water partition coefficient (Wildman–Crippen LogP) is 6.23. The molecule has 0 radical (unpaired) electrons. The standard InChI is InChI=1S/C26H23N5OS2/c1-4-20(34-25-17(14-28)23(15(2)3)16(13-27)24(29)30-25)26(32)31-18-9-5-7-11-21(18)33-22-12-8-6-10-19(22)31/h5-12,15,20H,4H2,1-3H3,(H2,29,30). The number of carbonyl (C=O) groups is 1. The summed E-state index contributed by atoms with van der Waals surface area (Å²) >= 11 is 2.88. The lowest BCUT2D eigenvalue weighted by Gasteiger charge is -2.33. The second-order valence-electron chi connectivity index (χ2n) is 8.07. The van der Waals surface area contributed by atoms with Gasteiger partial charge in [-0.3, -0.25) is 9.69 Å². The predicted molar refractivity (Wildman–Crippen MR) is 136 cm³/mol. The summed E-state index contributed by atoms with van der Waals surface area (Å²) < 4.78 is 0.